The van der Waals surface area contributed by atoms with Crippen LogP contribution in [0.2, 0.25) is 0 Å². The van der Waals surface area contributed by atoms with Crippen molar-refractivity contribution < 1.29 is 9.59 Å². The fourth-order valence-corrected chi connectivity index (χ4v) is 5.29. The average Bonchev–Trinajstić information content (AvgIpc) is 3.37. The Kier molecular flexibility index (Phi) is 6.01. The molecule has 0 bridgehead atoms. The van der Waals surface area contributed by atoms with E-state index in [1.807, 2.05) is 48.0 Å². The summed E-state index contributed by atoms with van der Waals surface area (Å²) in [6.07, 6.45) is 8.03. The first-order chi connectivity index (χ1) is 14.1. The maximum absolute atomic E-state index is 12.3. The van der Waals surface area contributed by atoms with E-state index in [1.54, 1.807) is 6.20 Å². The molecule has 0 saturated carbocycles. The minimum absolute atomic E-state index is 0.157. The summed E-state index contributed by atoms with van der Waals surface area (Å²) < 4.78 is 1.96. The third kappa shape index (κ3) is 4.54. The number of nitrogens with zero attached hydrogens (tertiary/aromatic N) is 2. The van der Waals surface area contributed by atoms with Gasteiger partial charge in [0, 0.05) is 17.3 Å². The standard InChI is InChI=1S/C21H22N4O2S2/c1-14-6-2-4-8-16(14)25-11-10-22-21(25)28-13-19(26)23-24-20(27)18-12-15-7-3-5-9-17(15)29-18/h2,4,6,8,10-12H,3,5,7,9,13H2,1H3,(H,23,26)(H,24,27). The van der Waals surface area contributed by atoms with Crippen LogP contribution in [-0.2, 0) is 17.6 Å². The predicted octanol–water partition coefficient (Wildman–Crippen LogP) is 3.67. The topological polar surface area (TPSA) is 76.0 Å². The first-order valence-electron chi connectivity index (χ1n) is 9.55. The number of hydrazine groups is 1. The van der Waals surface area contributed by atoms with Gasteiger partial charge in [-0.2, -0.15) is 0 Å². The van der Waals surface area contributed by atoms with Crippen molar-refractivity contribution >= 4 is 34.9 Å². The number of benzene rings is 1. The van der Waals surface area contributed by atoms with Crippen LogP contribution in [0, 0.1) is 6.92 Å². The summed E-state index contributed by atoms with van der Waals surface area (Å²) in [5.74, 6) is -0.377. The van der Waals surface area contributed by atoms with Gasteiger partial charge in [0.15, 0.2) is 5.16 Å². The minimum atomic E-state index is -0.274. The Labute approximate surface area is 177 Å². The van der Waals surface area contributed by atoms with E-state index in [0.717, 1.165) is 29.2 Å². The molecule has 0 unspecified atom stereocenters. The maximum atomic E-state index is 12.3. The van der Waals surface area contributed by atoms with Crippen molar-refractivity contribution in [3.05, 3.63) is 63.6 Å². The van der Waals surface area contributed by atoms with Gasteiger partial charge in [0.2, 0.25) is 5.91 Å². The van der Waals surface area contributed by atoms with Gasteiger partial charge in [-0.05, 0) is 55.9 Å². The van der Waals surface area contributed by atoms with Gasteiger partial charge in [-0.1, -0.05) is 30.0 Å². The number of hydrogen-bond donors (Lipinski definition) is 2. The molecule has 2 amide bonds. The molecule has 0 fully saturated rings. The fourth-order valence-electron chi connectivity index (χ4n) is 3.37. The molecule has 0 radical (unpaired) electrons. The fraction of sp³-hybridized carbons (Fsp3) is 0.286. The van der Waals surface area contributed by atoms with E-state index in [1.165, 1.54) is 46.4 Å². The molecule has 8 heteroatoms. The third-order valence-corrected chi connectivity index (χ3v) is 7.05. The van der Waals surface area contributed by atoms with Gasteiger partial charge in [-0.25, -0.2) is 4.98 Å². The quantitative estimate of drug-likeness (QED) is 0.482. The van der Waals surface area contributed by atoms with Gasteiger partial charge in [0.05, 0.1) is 16.3 Å². The molecule has 0 spiro atoms. The van der Waals surface area contributed by atoms with Crippen molar-refractivity contribution in [2.24, 2.45) is 0 Å². The lowest BCUT2D eigenvalue weighted by molar-refractivity contribution is -0.119. The number of aromatic nitrogens is 2. The Morgan fingerprint density at radius 2 is 2.03 bits per heavy atom. The summed E-state index contributed by atoms with van der Waals surface area (Å²) in [6, 6.07) is 9.97. The van der Waals surface area contributed by atoms with Crippen molar-refractivity contribution in [3.8, 4) is 5.69 Å². The lowest BCUT2D eigenvalue weighted by Crippen LogP contribution is -2.42. The molecule has 2 heterocycles. The zero-order valence-electron chi connectivity index (χ0n) is 16.1. The second-order valence-electron chi connectivity index (χ2n) is 6.92. The average molecular weight is 427 g/mol. The largest absolute Gasteiger partial charge is 0.295 e. The number of thiophene rings is 1. The number of carbonyl (C=O) groups is 2. The van der Waals surface area contributed by atoms with Crippen LogP contribution in [-0.4, -0.2) is 27.1 Å². The number of para-hydroxylation sites is 1. The first-order valence-corrected chi connectivity index (χ1v) is 11.3. The zero-order chi connectivity index (χ0) is 20.2. The Morgan fingerprint density at radius 3 is 2.86 bits per heavy atom. The Bertz CT molecular complexity index is 1020. The van der Waals surface area contributed by atoms with Crippen LogP contribution in [0.5, 0.6) is 0 Å². The van der Waals surface area contributed by atoms with Crippen LogP contribution in [0.4, 0.5) is 0 Å². The summed E-state index contributed by atoms with van der Waals surface area (Å²) in [7, 11) is 0. The number of imidazole rings is 1. The highest BCUT2D eigenvalue weighted by Crippen LogP contribution is 2.29. The van der Waals surface area contributed by atoms with E-state index >= 15 is 0 Å². The number of nitrogens with one attached hydrogen (secondary N) is 2. The monoisotopic (exact) mass is 426 g/mol. The van der Waals surface area contributed by atoms with Gasteiger partial charge in [-0.15, -0.1) is 11.3 Å². The summed E-state index contributed by atoms with van der Waals surface area (Å²) in [4.78, 5) is 30.8. The Balaban J connectivity index is 1.31. The number of amides is 2. The normalized spacial score (nSPS) is 13.0. The molecule has 1 aromatic carbocycles. The van der Waals surface area contributed by atoms with Crippen LogP contribution in [0.25, 0.3) is 5.69 Å². The molecule has 3 aromatic rings. The van der Waals surface area contributed by atoms with E-state index in [2.05, 4.69) is 15.8 Å². The molecule has 1 aliphatic rings. The van der Waals surface area contributed by atoms with E-state index in [-0.39, 0.29) is 17.6 Å². The van der Waals surface area contributed by atoms with Crippen molar-refractivity contribution in [1.82, 2.24) is 20.4 Å². The lowest BCUT2D eigenvalue weighted by Gasteiger charge is -2.10. The number of thioether (sulfide) groups is 1. The number of aryl methyl sites for hydroxylation is 3. The van der Waals surface area contributed by atoms with Gasteiger partial charge in [0.25, 0.3) is 5.91 Å². The van der Waals surface area contributed by atoms with E-state index in [4.69, 9.17) is 0 Å². The van der Waals surface area contributed by atoms with Crippen LogP contribution >= 0.6 is 23.1 Å². The molecule has 6 nitrogen and oxygen atoms in total. The Morgan fingerprint density at radius 1 is 1.21 bits per heavy atom. The Hall–Kier alpha value is -2.58. The maximum Gasteiger partial charge on any atom is 0.279 e. The molecule has 4 rings (SSSR count). The number of hydrogen-bond acceptors (Lipinski definition) is 5. The van der Waals surface area contributed by atoms with E-state index in [9.17, 15) is 9.59 Å². The predicted molar refractivity (Wildman–Crippen MR) is 116 cm³/mol. The van der Waals surface area contributed by atoms with Crippen molar-refractivity contribution in [2.45, 2.75) is 37.8 Å². The molecule has 2 aromatic heterocycles. The summed E-state index contributed by atoms with van der Waals surface area (Å²) >= 11 is 2.85. The summed E-state index contributed by atoms with van der Waals surface area (Å²) in [5, 5.41) is 0.728. The van der Waals surface area contributed by atoms with Gasteiger partial charge >= 0.3 is 0 Å². The van der Waals surface area contributed by atoms with E-state index in [0.29, 0.717) is 4.88 Å². The molecule has 0 atom stereocenters. The second-order valence-corrected chi connectivity index (χ2v) is 9.00. The molecule has 2 N–H and O–H groups in total. The SMILES string of the molecule is Cc1ccccc1-n1ccnc1SCC(=O)NNC(=O)c1cc2c(s1)CCCC2. The smallest absolute Gasteiger partial charge is 0.279 e. The lowest BCUT2D eigenvalue weighted by atomic mass is 9.99. The van der Waals surface area contributed by atoms with Gasteiger partial charge in [-0.3, -0.25) is 25.0 Å². The van der Waals surface area contributed by atoms with Crippen LogP contribution in [0.3, 0.4) is 0 Å². The zero-order valence-corrected chi connectivity index (χ0v) is 17.7. The first kappa shape index (κ1) is 19.7. The van der Waals surface area contributed by atoms with Crippen LogP contribution < -0.4 is 10.9 Å². The van der Waals surface area contributed by atoms with Crippen LogP contribution in [0.1, 0.15) is 38.5 Å². The van der Waals surface area contributed by atoms with Gasteiger partial charge in [0.1, 0.15) is 0 Å². The highest BCUT2D eigenvalue weighted by molar-refractivity contribution is 7.99. The van der Waals surface area contributed by atoms with Crippen molar-refractivity contribution in [1.29, 1.82) is 0 Å². The molecular formula is C21H22N4O2S2. The third-order valence-electron chi connectivity index (χ3n) is 4.85. The summed E-state index contributed by atoms with van der Waals surface area (Å²) in [5.41, 5.74) is 8.46. The molecule has 0 saturated heterocycles. The minimum Gasteiger partial charge on any atom is -0.295 e. The van der Waals surface area contributed by atoms with Crippen molar-refractivity contribution in [2.75, 3.05) is 5.75 Å². The molecule has 1 aliphatic carbocycles. The second kappa shape index (κ2) is 8.84. The number of fused-ring (bicyclic) bond motifs is 1. The van der Waals surface area contributed by atoms with Gasteiger partial charge < -0.3 is 0 Å². The highest BCUT2D eigenvalue weighted by Gasteiger charge is 2.18. The van der Waals surface area contributed by atoms with Crippen molar-refractivity contribution in [3.63, 3.8) is 0 Å². The molecular weight excluding hydrogens is 404 g/mol. The summed E-state index contributed by atoms with van der Waals surface area (Å²) in [6.45, 7) is 2.04. The molecule has 0 aliphatic heterocycles. The molecule has 29 heavy (non-hydrogen) atoms. The number of carbonyl (C=O) groups excluding carboxylic acids is 2. The number of rotatable bonds is 5. The van der Waals surface area contributed by atoms with Crippen LogP contribution in [0.15, 0.2) is 47.9 Å². The molecule has 150 valence electrons. The van der Waals surface area contributed by atoms with E-state index < -0.39 is 0 Å². The highest BCUT2D eigenvalue weighted by atomic mass is 32.2.